The van der Waals surface area contributed by atoms with Crippen molar-refractivity contribution in [3.63, 3.8) is 0 Å². The van der Waals surface area contributed by atoms with E-state index in [2.05, 4.69) is 26.5 Å². The van der Waals surface area contributed by atoms with E-state index in [4.69, 9.17) is 0 Å². The van der Waals surface area contributed by atoms with Gasteiger partial charge in [0.25, 0.3) is 5.91 Å². The number of carbonyl (C=O) groups is 1. The summed E-state index contributed by atoms with van der Waals surface area (Å²) in [6.07, 6.45) is 1.62. The zero-order chi connectivity index (χ0) is 13.7. The highest BCUT2D eigenvalue weighted by molar-refractivity contribution is 9.10. The Morgan fingerprint density at radius 2 is 1.74 bits per heavy atom. The van der Waals surface area contributed by atoms with Gasteiger partial charge in [0.1, 0.15) is 0 Å². The zero-order valence-corrected chi connectivity index (χ0v) is 12.0. The maximum Gasteiger partial charge on any atom is 0.271 e. The van der Waals surface area contributed by atoms with Gasteiger partial charge in [0.2, 0.25) is 0 Å². The predicted molar refractivity (Wildman–Crippen MR) is 80.4 cm³/mol. The molecule has 1 N–H and O–H groups in total. The molecule has 0 aliphatic carbocycles. The third-order valence-corrected chi connectivity index (χ3v) is 3.09. The van der Waals surface area contributed by atoms with Gasteiger partial charge in [-0.1, -0.05) is 45.8 Å². The molecule has 2 aromatic rings. The number of hydrogen-bond acceptors (Lipinski definition) is 2. The minimum Gasteiger partial charge on any atom is -0.267 e. The van der Waals surface area contributed by atoms with E-state index < -0.39 is 0 Å². The third-order valence-electron chi connectivity index (χ3n) is 2.56. The summed E-state index contributed by atoms with van der Waals surface area (Å²) in [6, 6.07) is 15.0. The minimum absolute atomic E-state index is 0.226. The maximum atomic E-state index is 11.8. The molecule has 0 aliphatic heterocycles. The van der Waals surface area contributed by atoms with Crippen LogP contribution in [0.15, 0.2) is 58.1 Å². The molecule has 0 aromatic heterocycles. The molecule has 0 fully saturated rings. The number of benzene rings is 2. The summed E-state index contributed by atoms with van der Waals surface area (Å²) < 4.78 is 0.937. The van der Waals surface area contributed by atoms with Crippen molar-refractivity contribution in [3.8, 4) is 0 Å². The van der Waals surface area contributed by atoms with E-state index in [0.29, 0.717) is 5.56 Å². The van der Waals surface area contributed by atoms with Crippen molar-refractivity contribution in [2.45, 2.75) is 6.92 Å². The van der Waals surface area contributed by atoms with Gasteiger partial charge in [0, 0.05) is 10.0 Å². The lowest BCUT2D eigenvalue weighted by Crippen LogP contribution is -2.17. The molecule has 2 aromatic carbocycles. The standard InChI is InChI=1S/C15H13BrN2O/c1-11-2-4-12(5-3-11)10-17-18-15(19)13-6-8-14(16)9-7-13/h2-10H,1H3,(H,18,19)/b17-10-. The Hall–Kier alpha value is -1.94. The van der Waals surface area contributed by atoms with Gasteiger partial charge in [-0.15, -0.1) is 0 Å². The number of hydrazone groups is 1. The average Bonchev–Trinajstić information content (AvgIpc) is 2.41. The molecule has 0 saturated heterocycles. The summed E-state index contributed by atoms with van der Waals surface area (Å²) in [4.78, 5) is 11.8. The van der Waals surface area contributed by atoms with Gasteiger partial charge in [-0.05, 0) is 36.8 Å². The van der Waals surface area contributed by atoms with Gasteiger partial charge in [0.15, 0.2) is 0 Å². The lowest BCUT2D eigenvalue weighted by molar-refractivity contribution is 0.0955. The molecule has 4 heteroatoms. The Labute approximate surface area is 120 Å². The molecule has 19 heavy (non-hydrogen) atoms. The Morgan fingerprint density at radius 3 is 2.37 bits per heavy atom. The molecule has 0 spiro atoms. The van der Waals surface area contributed by atoms with Gasteiger partial charge in [0.05, 0.1) is 6.21 Å². The topological polar surface area (TPSA) is 41.5 Å². The van der Waals surface area contributed by atoms with E-state index >= 15 is 0 Å². The SMILES string of the molecule is Cc1ccc(/C=N\NC(=O)c2ccc(Br)cc2)cc1. The number of carbonyl (C=O) groups excluding carboxylic acids is 1. The third kappa shape index (κ3) is 4.03. The average molecular weight is 317 g/mol. The Balaban J connectivity index is 1.96. The summed E-state index contributed by atoms with van der Waals surface area (Å²) in [7, 11) is 0. The summed E-state index contributed by atoms with van der Waals surface area (Å²) in [5.41, 5.74) is 5.21. The molecule has 0 saturated carbocycles. The molecule has 96 valence electrons. The van der Waals surface area contributed by atoms with E-state index in [-0.39, 0.29) is 5.91 Å². The second-order valence-corrected chi connectivity index (χ2v) is 5.03. The fourth-order valence-corrected chi connectivity index (χ4v) is 1.75. The van der Waals surface area contributed by atoms with Crippen molar-refractivity contribution >= 4 is 28.1 Å². The van der Waals surface area contributed by atoms with Crippen LogP contribution in [-0.4, -0.2) is 12.1 Å². The van der Waals surface area contributed by atoms with Crippen molar-refractivity contribution in [2.24, 2.45) is 5.10 Å². The lowest BCUT2D eigenvalue weighted by atomic mass is 10.2. The Bertz CT molecular complexity index is 589. The molecule has 0 unspecified atom stereocenters. The Kier molecular flexibility index (Phi) is 4.47. The van der Waals surface area contributed by atoms with Crippen LogP contribution in [0, 0.1) is 6.92 Å². The van der Waals surface area contributed by atoms with Crippen molar-refractivity contribution in [2.75, 3.05) is 0 Å². The number of nitrogens with zero attached hydrogens (tertiary/aromatic N) is 1. The van der Waals surface area contributed by atoms with Crippen LogP contribution in [0.25, 0.3) is 0 Å². The van der Waals surface area contributed by atoms with Gasteiger partial charge in [-0.2, -0.15) is 5.10 Å². The highest BCUT2D eigenvalue weighted by atomic mass is 79.9. The molecule has 0 heterocycles. The highest BCUT2D eigenvalue weighted by Gasteiger charge is 2.02. The lowest BCUT2D eigenvalue weighted by Gasteiger charge is -2.00. The van der Waals surface area contributed by atoms with Crippen molar-refractivity contribution in [3.05, 3.63) is 69.7 Å². The van der Waals surface area contributed by atoms with Crippen LogP contribution in [0.5, 0.6) is 0 Å². The molecule has 2 rings (SSSR count). The molecular formula is C15H13BrN2O. The number of halogens is 1. The summed E-state index contributed by atoms with van der Waals surface area (Å²) in [5, 5.41) is 3.93. The van der Waals surface area contributed by atoms with Crippen molar-refractivity contribution < 1.29 is 4.79 Å². The van der Waals surface area contributed by atoms with E-state index in [9.17, 15) is 4.79 Å². The fraction of sp³-hybridized carbons (Fsp3) is 0.0667. The number of nitrogens with one attached hydrogen (secondary N) is 1. The minimum atomic E-state index is -0.226. The van der Waals surface area contributed by atoms with Crippen LogP contribution in [0.1, 0.15) is 21.5 Å². The largest absolute Gasteiger partial charge is 0.271 e. The van der Waals surface area contributed by atoms with Crippen molar-refractivity contribution in [1.29, 1.82) is 0 Å². The summed E-state index contributed by atoms with van der Waals surface area (Å²) >= 11 is 3.32. The fourth-order valence-electron chi connectivity index (χ4n) is 1.48. The maximum absolute atomic E-state index is 11.8. The molecule has 0 radical (unpaired) electrons. The van der Waals surface area contributed by atoms with Gasteiger partial charge >= 0.3 is 0 Å². The number of hydrogen-bond donors (Lipinski definition) is 1. The summed E-state index contributed by atoms with van der Waals surface area (Å²) in [6.45, 7) is 2.02. The highest BCUT2D eigenvalue weighted by Crippen LogP contribution is 2.10. The van der Waals surface area contributed by atoms with Crippen molar-refractivity contribution in [1.82, 2.24) is 5.43 Å². The first-order chi connectivity index (χ1) is 9.15. The van der Waals surface area contributed by atoms with Crippen LogP contribution in [0.3, 0.4) is 0 Å². The van der Waals surface area contributed by atoms with Crippen LogP contribution < -0.4 is 5.43 Å². The van der Waals surface area contributed by atoms with Crippen LogP contribution >= 0.6 is 15.9 Å². The monoisotopic (exact) mass is 316 g/mol. The second-order valence-electron chi connectivity index (χ2n) is 4.12. The number of amides is 1. The van der Waals surface area contributed by atoms with Gasteiger partial charge < -0.3 is 0 Å². The quantitative estimate of drug-likeness (QED) is 0.683. The Morgan fingerprint density at radius 1 is 1.11 bits per heavy atom. The second kappa shape index (κ2) is 6.29. The van der Waals surface area contributed by atoms with Crippen LogP contribution in [-0.2, 0) is 0 Å². The first kappa shape index (κ1) is 13.5. The first-order valence-corrected chi connectivity index (χ1v) is 6.60. The van der Waals surface area contributed by atoms with Crippen LogP contribution in [0.4, 0.5) is 0 Å². The molecule has 0 bridgehead atoms. The smallest absolute Gasteiger partial charge is 0.267 e. The van der Waals surface area contributed by atoms with E-state index in [1.54, 1.807) is 18.3 Å². The molecule has 0 atom stereocenters. The van der Waals surface area contributed by atoms with Crippen LogP contribution in [0.2, 0.25) is 0 Å². The number of aryl methyl sites for hydroxylation is 1. The van der Waals surface area contributed by atoms with Gasteiger partial charge in [-0.25, -0.2) is 5.43 Å². The normalized spacial score (nSPS) is 10.6. The summed E-state index contributed by atoms with van der Waals surface area (Å²) in [5.74, 6) is -0.226. The molecule has 0 aliphatic rings. The first-order valence-electron chi connectivity index (χ1n) is 5.81. The molecule has 1 amide bonds. The molecule has 3 nitrogen and oxygen atoms in total. The molecular weight excluding hydrogens is 304 g/mol. The van der Waals surface area contributed by atoms with E-state index in [1.807, 2.05) is 43.3 Å². The van der Waals surface area contributed by atoms with E-state index in [1.165, 1.54) is 5.56 Å². The van der Waals surface area contributed by atoms with Gasteiger partial charge in [-0.3, -0.25) is 4.79 Å². The predicted octanol–water partition coefficient (Wildman–Crippen LogP) is 3.52. The zero-order valence-electron chi connectivity index (χ0n) is 10.4. The number of rotatable bonds is 3. The van der Waals surface area contributed by atoms with E-state index in [0.717, 1.165) is 10.0 Å².